The van der Waals surface area contributed by atoms with Crippen LogP contribution in [0, 0.1) is 6.57 Å². The summed E-state index contributed by atoms with van der Waals surface area (Å²) < 4.78 is 0. The van der Waals surface area contributed by atoms with E-state index in [1.54, 1.807) is 12.1 Å². The van der Waals surface area contributed by atoms with Crippen molar-refractivity contribution >= 4 is 11.6 Å². The Morgan fingerprint density at radius 1 is 1.36 bits per heavy atom. The van der Waals surface area contributed by atoms with Crippen LogP contribution in [0.3, 0.4) is 0 Å². The lowest BCUT2D eigenvalue weighted by atomic mass is 10.2. The summed E-state index contributed by atoms with van der Waals surface area (Å²) in [6.45, 7) is 6.63. The first-order chi connectivity index (χ1) is 5.24. The second kappa shape index (κ2) is 2.84. The van der Waals surface area contributed by atoms with E-state index in [9.17, 15) is 4.79 Å². The number of amides is 1. The van der Waals surface area contributed by atoms with E-state index in [-0.39, 0.29) is 0 Å². The normalized spacial score (nSPS) is 8.64. The van der Waals surface area contributed by atoms with Crippen molar-refractivity contribution in [3.05, 3.63) is 41.2 Å². The Morgan fingerprint density at radius 3 is 2.27 bits per heavy atom. The molecule has 0 aliphatic carbocycles. The molecule has 0 saturated carbocycles. The van der Waals surface area contributed by atoms with Crippen LogP contribution in [0.25, 0.3) is 4.85 Å². The van der Waals surface area contributed by atoms with Gasteiger partial charge in [-0.15, -0.1) is 0 Å². The van der Waals surface area contributed by atoms with Crippen LogP contribution in [-0.2, 0) is 0 Å². The molecule has 1 aromatic rings. The monoisotopic (exact) mass is 146 g/mol. The highest BCUT2D eigenvalue weighted by Crippen LogP contribution is 2.11. The van der Waals surface area contributed by atoms with E-state index in [4.69, 9.17) is 12.3 Å². The standard InChI is InChI=1S/C8H6N2O/c1-10-7-4-2-6(3-5-7)8(9)11/h2-5H,(H2,9,11). The maximum Gasteiger partial charge on any atom is 0.248 e. The molecule has 3 nitrogen and oxygen atoms in total. The van der Waals surface area contributed by atoms with Crippen LogP contribution in [0.1, 0.15) is 10.4 Å². The summed E-state index contributed by atoms with van der Waals surface area (Å²) in [4.78, 5) is 13.7. The van der Waals surface area contributed by atoms with Gasteiger partial charge >= 0.3 is 0 Å². The molecule has 0 radical (unpaired) electrons. The molecule has 1 aromatic carbocycles. The molecule has 0 saturated heterocycles. The average molecular weight is 146 g/mol. The minimum Gasteiger partial charge on any atom is -0.366 e. The lowest BCUT2D eigenvalue weighted by molar-refractivity contribution is 0.100. The number of rotatable bonds is 1. The average Bonchev–Trinajstić information content (AvgIpc) is 2.05. The molecule has 0 bridgehead atoms. The SMILES string of the molecule is [C-]#[N+]c1ccc(C(N)=O)cc1. The highest BCUT2D eigenvalue weighted by atomic mass is 16.1. The van der Waals surface area contributed by atoms with Crippen molar-refractivity contribution in [1.82, 2.24) is 0 Å². The third-order valence-electron chi connectivity index (χ3n) is 1.28. The number of nitrogens with zero attached hydrogens (tertiary/aromatic N) is 1. The number of carbonyl (C=O) groups excluding carboxylic acids is 1. The maximum absolute atomic E-state index is 10.5. The Morgan fingerprint density at radius 2 is 1.91 bits per heavy atom. The van der Waals surface area contributed by atoms with Gasteiger partial charge in [-0.2, -0.15) is 0 Å². The fourth-order valence-electron chi connectivity index (χ4n) is 0.700. The molecular formula is C8H6N2O. The molecular weight excluding hydrogens is 140 g/mol. The molecule has 2 N–H and O–H groups in total. The third kappa shape index (κ3) is 1.55. The first kappa shape index (κ1) is 7.29. The molecule has 0 atom stereocenters. The fraction of sp³-hybridized carbons (Fsp3) is 0. The van der Waals surface area contributed by atoms with E-state index < -0.39 is 5.91 Å². The van der Waals surface area contributed by atoms with Gasteiger partial charge < -0.3 is 5.73 Å². The summed E-state index contributed by atoms with van der Waals surface area (Å²) in [6, 6.07) is 6.20. The van der Waals surface area contributed by atoms with Gasteiger partial charge in [-0.25, -0.2) is 4.85 Å². The summed E-state index contributed by atoms with van der Waals surface area (Å²) in [5.74, 6) is -0.471. The minimum absolute atomic E-state index is 0.428. The molecule has 0 fully saturated rings. The number of nitrogens with two attached hydrogens (primary N) is 1. The summed E-state index contributed by atoms with van der Waals surface area (Å²) in [7, 11) is 0. The van der Waals surface area contributed by atoms with Gasteiger partial charge in [-0.3, -0.25) is 4.79 Å². The largest absolute Gasteiger partial charge is 0.366 e. The summed E-state index contributed by atoms with van der Waals surface area (Å²) in [5.41, 5.74) is 5.93. The number of primary amides is 1. The van der Waals surface area contributed by atoms with Gasteiger partial charge in [0.2, 0.25) is 5.91 Å². The van der Waals surface area contributed by atoms with Crippen LogP contribution < -0.4 is 5.73 Å². The van der Waals surface area contributed by atoms with Gasteiger partial charge in [0.05, 0.1) is 6.57 Å². The van der Waals surface area contributed by atoms with E-state index in [0.717, 1.165) is 0 Å². The zero-order valence-corrected chi connectivity index (χ0v) is 5.74. The van der Waals surface area contributed by atoms with E-state index in [0.29, 0.717) is 11.3 Å². The highest BCUT2D eigenvalue weighted by Gasteiger charge is 1.97. The van der Waals surface area contributed by atoms with Gasteiger partial charge in [-0.05, 0) is 0 Å². The second-order valence-corrected chi connectivity index (χ2v) is 2.02. The molecule has 11 heavy (non-hydrogen) atoms. The Hall–Kier alpha value is -1.82. The topological polar surface area (TPSA) is 47.5 Å². The molecule has 0 aromatic heterocycles. The zero-order valence-electron chi connectivity index (χ0n) is 5.74. The van der Waals surface area contributed by atoms with Crippen molar-refractivity contribution < 1.29 is 4.79 Å². The van der Waals surface area contributed by atoms with E-state index in [2.05, 4.69) is 4.85 Å². The van der Waals surface area contributed by atoms with Crippen molar-refractivity contribution in [3.63, 3.8) is 0 Å². The van der Waals surface area contributed by atoms with Crippen LogP contribution >= 0.6 is 0 Å². The van der Waals surface area contributed by atoms with Crippen molar-refractivity contribution in [2.24, 2.45) is 5.73 Å². The summed E-state index contributed by atoms with van der Waals surface area (Å²) in [6.07, 6.45) is 0. The number of hydrogen-bond donors (Lipinski definition) is 1. The van der Waals surface area contributed by atoms with E-state index >= 15 is 0 Å². The summed E-state index contributed by atoms with van der Waals surface area (Å²) in [5, 5.41) is 0. The van der Waals surface area contributed by atoms with Crippen LogP contribution in [-0.4, -0.2) is 5.91 Å². The zero-order chi connectivity index (χ0) is 8.27. The quantitative estimate of drug-likeness (QED) is 0.597. The Kier molecular flexibility index (Phi) is 1.88. The molecule has 1 amide bonds. The maximum atomic E-state index is 10.5. The fourth-order valence-corrected chi connectivity index (χ4v) is 0.700. The smallest absolute Gasteiger partial charge is 0.248 e. The lowest BCUT2D eigenvalue weighted by Crippen LogP contribution is -2.10. The Bertz CT molecular complexity index is 308. The van der Waals surface area contributed by atoms with E-state index in [1.807, 2.05) is 0 Å². The van der Waals surface area contributed by atoms with Crippen molar-refractivity contribution in [2.45, 2.75) is 0 Å². The van der Waals surface area contributed by atoms with Gasteiger partial charge in [-0.1, -0.05) is 24.3 Å². The molecule has 0 unspecified atom stereocenters. The van der Waals surface area contributed by atoms with Crippen LogP contribution in [0.4, 0.5) is 5.69 Å². The molecule has 0 aliphatic rings. The van der Waals surface area contributed by atoms with Crippen molar-refractivity contribution in [2.75, 3.05) is 0 Å². The Labute approximate surface area is 64.3 Å². The van der Waals surface area contributed by atoms with Gasteiger partial charge in [0.1, 0.15) is 0 Å². The first-order valence-electron chi connectivity index (χ1n) is 3.01. The Balaban J connectivity index is 3.03. The minimum atomic E-state index is -0.471. The predicted molar refractivity (Wildman–Crippen MR) is 41.2 cm³/mol. The predicted octanol–water partition coefficient (Wildman–Crippen LogP) is 1.34. The number of carbonyl (C=O) groups is 1. The molecule has 3 heteroatoms. The highest BCUT2D eigenvalue weighted by molar-refractivity contribution is 5.93. The third-order valence-corrected chi connectivity index (χ3v) is 1.28. The molecule has 1 rings (SSSR count). The second-order valence-electron chi connectivity index (χ2n) is 2.02. The van der Waals surface area contributed by atoms with Crippen molar-refractivity contribution in [3.8, 4) is 0 Å². The van der Waals surface area contributed by atoms with Gasteiger partial charge in [0.15, 0.2) is 5.69 Å². The number of benzene rings is 1. The summed E-state index contributed by atoms with van der Waals surface area (Å²) >= 11 is 0. The molecule has 54 valence electrons. The molecule has 0 aliphatic heterocycles. The first-order valence-corrected chi connectivity index (χ1v) is 3.01. The van der Waals surface area contributed by atoms with Crippen LogP contribution in [0.15, 0.2) is 24.3 Å². The van der Waals surface area contributed by atoms with Gasteiger partial charge in [0.25, 0.3) is 0 Å². The lowest BCUT2D eigenvalue weighted by Gasteiger charge is -1.92. The molecule has 0 spiro atoms. The van der Waals surface area contributed by atoms with Crippen molar-refractivity contribution in [1.29, 1.82) is 0 Å². The number of hydrogen-bond acceptors (Lipinski definition) is 1. The van der Waals surface area contributed by atoms with Gasteiger partial charge in [0, 0.05) is 5.56 Å². The van der Waals surface area contributed by atoms with Crippen LogP contribution in [0.5, 0.6) is 0 Å². The molecule has 0 heterocycles. The van der Waals surface area contributed by atoms with E-state index in [1.165, 1.54) is 12.1 Å². The van der Waals surface area contributed by atoms with Crippen LogP contribution in [0.2, 0.25) is 0 Å².